The first kappa shape index (κ1) is 12.9. The minimum absolute atomic E-state index is 0.00608. The Hall–Kier alpha value is -2.82. The van der Waals surface area contributed by atoms with Crippen molar-refractivity contribution in [2.45, 2.75) is 12.8 Å². The average Bonchev–Trinajstić information content (AvgIpc) is 3.08. The zero-order valence-electron chi connectivity index (χ0n) is 11.8. The Morgan fingerprint density at radius 2 is 1.86 bits per heavy atom. The fourth-order valence-electron chi connectivity index (χ4n) is 3.01. The van der Waals surface area contributed by atoms with Gasteiger partial charge in [0.05, 0.1) is 5.52 Å². The van der Waals surface area contributed by atoms with Gasteiger partial charge < -0.3 is 9.73 Å². The third-order valence-electron chi connectivity index (χ3n) is 4.11. The standard InChI is InChI=1S/C17H14N2O3/c20-16(12-7-10-3-1-2-4-11(10)8-12)18-13-5-6-14-15(9-13)22-17(21)19-14/h1-6,9,12H,7-8H2,(H,18,20)(H,19,21). The monoisotopic (exact) mass is 294 g/mol. The molecule has 0 saturated heterocycles. The molecule has 1 aliphatic carbocycles. The van der Waals surface area contributed by atoms with Crippen LogP contribution in [0.1, 0.15) is 11.1 Å². The summed E-state index contributed by atoms with van der Waals surface area (Å²) in [6.45, 7) is 0. The molecule has 1 heterocycles. The summed E-state index contributed by atoms with van der Waals surface area (Å²) in [5.41, 5.74) is 4.19. The molecule has 5 heteroatoms. The molecule has 0 aliphatic heterocycles. The third-order valence-corrected chi connectivity index (χ3v) is 4.11. The van der Waals surface area contributed by atoms with Crippen LogP contribution in [0.5, 0.6) is 0 Å². The summed E-state index contributed by atoms with van der Waals surface area (Å²) in [5.74, 6) is -0.551. The smallest absolute Gasteiger partial charge is 0.408 e. The summed E-state index contributed by atoms with van der Waals surface area (Å²) in [6.07, 6.45) is 1.53. The van der Waals surface area contributed by atoms with Crippen LogP contribution in [0.4, 0.5) is 5.69 Å². The first-order valence-corrected chi connectivity index (χ1v) is 7.19. The lowest BCUT2D eigenvalue weighted by Gasteiger charge is -2.10. The molecule has 4 rings (SSSR count). The highest BCUT2D eigenvalue weighted by molar-refractivity contribution is 5.95. The maximum atomic E-state index is 12.4. The molecular weight excluding hydrogens is 280 g/mol. The molecule has 0 spiro atoms. The number of benzene rings is 2. The average molecular weight is 294 g/mol. The van der Waals surface area contributed by atoms with E-state index in [-0.39, 0.29) is 11.8 Å². The molecule has 2 aromatic carbocycles. The number of anilines is 1. The second-order valence-corrected chi connectivity index (χ2v) is 5.59. The maximum Gasteiger partial charge on any atom is 0.417 e. The van der Waals surface area contributed by atoms with Gasteiger partial charge in [0.15, 0.2) is 5.58 Å². The van der Waals surface area contributed by atoms with Crippen molar-refractivity contribution < 1.29 is 9.21 Å². The summed E-state index contributed by atoms with van der Waals surface area (Å²) in [5, 5.41) is 2.91. The Balaban J connectivity index is 1.53. The van der Waals surface area contributed by atoms with Crippen LogP contribution in [0, 0.1) is 5.92 Å². The first-order chi connectivity index (χ1) is 10.7. The number of fused-ring (bicyclic) bond motifs is 2. The Morgan fingerprint density at radius 3 is 2.59 bits per heavy atom. The second-order valence-electron chi connectivity index (χ2n) is 5.59. The number of aromatic nitrogens is 1. The lowest BCUT2D eigenvalue weighted by Crippen LogP contribution is -2.23. The normalized spacial score (nSPS) is 14.2. The van der Waals surface area contributed by atoms with Crippen molar-refractivity contribution in [3.05, 3.63) is 64.1 Å². The van der Waals surface area contributed by atoms with Gasteiger partial charge in [-0.2, -0.15) is 0 Å². The summed E-state index contributed by atoms with van der Waals surface area (Å²) in [7, 11) is 0. The van der Waals surface area contributed by atoms with Crippen molar-refractivity contribution in [1.82, 2.24) is 4.98 Å². The van der Waals surface area contributed by atoms with E-state index < -0.39 is 5.76 Å². The van der Waals surface area contributed by atoms with Crippen LogP contribution in [0.15, 0.2) is 51.7 Å². The van der Waals surface area contributed by atoms with Gasteiger partial charge in [-0.15, -0.1) is 0 Å². The number of carbonyl (C=O) groups is 1. The van der Waals surface area contributed by atoms with Gasteiger partial charge in [0.25, 0.3) is 0 Å². The van der Waals surface area contributed by atoms with Crippen molar-refractivity contribution in [1.29, 1.82) is 0 Å². The molecule has 0 saturated carbocycles. The quantitative estimate of drug-likeness (QED) is 0.762. The zero-order valence-corrected chi connectivity index (χ0v) is 11.8. The molecule has 22 heavy (non-hydrogen) atoms. The van der Waals surface area contributed by atoms with Crippen LogP contribution in [0.2, 0.25) is 0 Å². The Labute approximate surface area is 126 Å². The minimum Gasteiger partial charge on any atom is -0.408 e. The lowest BCUT2D eigenvalue weighted by molar-refractivity contribution is -0.119. The van der Waals surface area contributed by atoms with E-state index >= 15 is 0 Å². The predicted molar refractivity (Wildman–Crippen MR) is 82.8 cm³/mol. The Bertz CT molecular complexity index is 898. The minimum atomic E-state index is -0.496. The summed E-state index contributed by atoms with van der Waals surface area (Å²) >= 11 is 0. The molecule has 0 fully saturated rings. The van der Waals surface area contributed by atoms with Gasteiger partial charge in [-0.3, -0.25) is 9.78 Å². The fourth-order valence-corrected chi connectivity index (χ4v) is 3.01. The van der Waals surface area contributed by atoms with E-state index in [1.54, 1.807) is 18.2 Å². The first-order valence-electron chi connectivity index (χ1n) is 7.19. The highest BCUT2D eigenvalue weighted by Gasteiger charge is 2.27. The van der Waals surface area contributed by atoms with Crippen LogP contribution in [0.25, 0.3) is 11.1 Å². The van der Waals surface area contributed by atoms with Crippen molar-refractivity contribution in [3.8, 4) is 0 Å². The van der Waals surface area contributed by atoms with E-state index in [0.29, 0.717) is 16.8 Å². The third kappa shape index (κ3) is 2.20. The van der Waals surface area contributed by atoms with Crippen LogP contribution >= 0.6 is 0 Å². The number of hydrogen-bond donors (Lipinski definition) is 2. The molecule has 0 bridgehead atoms. The molecule has 0 radical (unpaired) electrons. The van der Waals surface area contributed by atoms with Crippen molar-refractivity contribution in [2.75, 3.05) is 5.32 Å². The predicted octanol–water partition coefficient (Wildman–Crippen LogP) is 2.47. The van der Waals surface area contributed by atoms with Gasteiger partial charge >= 0.3 is 5.76 Å². The summed E-state index contributed by atoms with van der Waals surface area (Å²) in [4.78, 5) is 26.1. The van der Waals surface area contributed by atoms with E-state index in [4.69, 9.17) is 4.42 Å². The maximum absolute atomic E-state index is 12.4. The van der Waals surface area contributed by atoms with Crippen molar-refractivity contribution in [3.63, 3.8) is 0 Å². The Morgan fingerprint density at radius 1 is 1.14 bits per heavy atom. The Kier molecular flexibility index (Phi) is 2.85. The van der Waals surface area contributed by atoms with Gasteiger partial charge in [-0.25, -0.2) is 4.79 Å². The van der Waals surface area contributed by atoms with E-state index in [2.05, 4.69) is 22.4 Å². The molecule has 3 aromatic rings. The molecule has 110 valence electrons. The number of rotatable bonds is 2. The van der Waals surface area contributed by atoms with Crippen LogP contribution in [0.3, 0.4) is 0 Å². The van der Waals surface area contributed by atoms with E-state index in [9.17, 15) is 9.59 Å². The van der Waals surface area contributed by atoms with E-state index in [0.717, 1.165) is 12.8 Å². The van der Waals surface area contributed by atoms with Crippen LogP contribution < -0.4 is 11.1 Å². The molecule has 0 atom stereocenters. The summed E-state index contributed by atoms with van der Waals surface area (Å²) in [6, 6.07) is 13.3. The van der Waals surface area contributed by atoms with Gasteiger partial charge in [0.2, 0.25) is 5.91 Å². The summed E-state index contributed by atoms with van der Waals surface area (Å²) < 4.78 is 5.00. The van der Waals surface area contributed by atoms with E-state index in [1.807, 2.05) is 12.1 Å². The molecule has 2 N–H and O–H groups in total. The number of H-pyrrole nitrogens is 1. The topological polar surface area (TPSA) is 75.1 Å². The number of amides is 1. The van der Waals surface area contributed by atoms with Crippen LogP contribution in [-0.2, 0) is 17.6 Å². The number of oxazole rings is 1. The molecule has 5 nitrogen and oxygen atoms in total. The largest absolute Gasteiger partial charge is 0.417 e. The number of carbonyl (C=O) groups excluding carboxylic acids is 1. The highest BCUT2D eigenvalue weighted by atomic mass is 16.4. The van der Waals surface area contributed by atoms with E-state index in [1.165, 1.54) is 11.1 Å². The number of hydrogen-bond acceptors (Lipinski definition) is 3. The molecule has 1 aliphatic rings. The fraction of sp³-hybridized carbons (Fsp3) is 0.176. The molecular formula is C17H14N2O3. The zero-order chi connectivity index (χ0) is 15.1. The molecule has 1 aromatic heterocycles. The highest BCUT2D eigenvalue weighted by Crippen LogP contribution is 2.27. The van der Waals surface area contributed by atoms with Gasteiger partial charge in [0.1, 0.15) is 0 Å². The van der Waals surface area contributed by atoms with Crippen LogP contribution in [-0.4, -0.2) is 10.9 Å². The molecule has 0 unspecified atom stereocenters. The van der Waals surface area contributed by atoms with Crippen molar-refractivity contribution in [2.24, 2.45) is 5.92 Å². The van der Waals surface area contributed by atoms with Gasteiger partial charge in [-0.05, 0) is 36.1 Å². The van der Waals surface area contributed by atoms with Gasteiger partial charge in [0, 0.05) is 17.7 Å². The number of nitrogens with one attached hydrogen (secondary N) is 2. The van der Waals surface area contributed by atoms with Gasteiger partial charge in [-0.1, -0.05) is 24.3 Å². The lowest BCUT2D eigenvalue weighted by atomic mass is 10.1. The second kappa shape index (κ2) is 4.87. The number of aromatic amines is 1. The van der Waals surface area contributed by atoms with Crippen molar-refractivity contribution >= 4 is 22.7 Å². The SMILES string of the molecule is O=C(Nc1ccc2[nH]c(=O)oc2c1)C1Cc2ccccc2C1. The molecule has 1 amide bonds.